The fraction of sp³-hybridized carbons (Fsp3) is 0.625. The third-order valence-corrected chi connectivity index (χ3v) is 3.97. The summed E-state index contributed by atoms with van der Waals surface area (Å²) in [6, 6.07) is 2.32. The van der Waals surface area contributed by atoms with Crippen molar-refractivity contribution in [1.29, 1.82) is 0 Å². The fourth-order valence-electron chi connectivity index (χ4n) is 2.96. The monoisotopic (exact) mass is 275 g/mol. The van der Waals surface area contributed by atoms with E-state index in [1.54, 1.807) is 6.20 Å². The number of anilines is 1. The molecule has 1 aromatic heterocycles. The molecule has 2 rings (SSSR count). The summed E-state index contributed by atoms with van der Waals surface area (Å²) in [5.74, 6) is 0.618. The molecule has 1 fully saturated rings. The van der Waals surface area contributed by atoms with E-state index in [-0.39, 0.29) is 5.91 Å². The Balaban J connectivity index is 2.28. The number of nitrogens with one attached hydrogen (secondary N) is 1. The predicted molar refractivity (Wildman–Crippen MR) is 82.0 cm³/mol. The van der Waals surface area contributed by atoms with Gasteiger partial charge in [-0.25, -0.2) is 0 Å². The number of hydrogen-bond acceptors (Lipinski definition) is 3. The summed E-state index contributed by atoms with van der Waals surface area (Å²) in [5.41, 5.74) is 2.53. The van der Waals surface area contributed by atoms with Gasteiger partial charge in [0.2, 0.25) is 0 Å². The van der Waals surface area contributed by atoms with Crippen LogP contribution in [-0.4, -0.2) is 34.9 Å². The van der Waals surface area contributed by atoms with Gasteiger partial charge in [0.05, 0.1) is 11.3 Å². The molecule has 0 aliphatic carbocycles. The lowest BCUT2D eigenvalue weighted by molar-refractivity contribution is 0.0702. The average molecular weight is 275 g/mol. The number of carbonyl (C=O) groups is 1. The van der Waals surface area contributed by atoms with E-state index < -0.39 is 0 Å². The van der Waals surface area contributed by atoms with Gasteiger partial charge in [0, 0.05) is 31.0 Å². The molecule has 1 N–H and O–H groups in total. The van der Waals surface area contributed by atoms with E-state index >= 15 is 0 Å². The number of amides is 1. The molecular weight excluding hydrogens is 250 g/mol. The van der Waals surface area contributed by atoms with Crippen LogP contribution in [0.3, 0.4) is 0 Å². The zero-order chi connectivity index (χ0) is 14.7. The van der Waals surface area contributed by atoms with E-state index in [1.165, 1.54) is 0 Å². The van der Waals surface area contributed by atoms with Crippen molar-refractivity contribution in [2.45, 2.75) is 46.6 Å². The minimum Gasteiger partial charge on any atom is -0.385 e. The van der Waals surface area contributed by atoms with Gasteiger partial charge in [0.25, 0.3) is 5.91 Å². The van der Waals surface area contributed by atoms with Gasteiger partial charge in [-0.1, -0.05) is 13.8 Å². The van der Waals surface area contributed by atoms with Crippen molar-refractivity contribution >= 4 is 11.6 Å². The minimum absolute atomic E-state index is 0.115. The lowest BCUT2D eigenvalue weighted by Crippen LogP contribution is -2.38. The normalized spacial score (nSPS) is 18.6. The maximum Gasteiger partial charge on any atom is 0.257 e. The second kappa shape index (κ2) is 6.25. The molecule has 1 aliphatic rings. The van der Waals surface area contributed by atoms with Crippen LogP contribution in [0.5, 0.6) is 0 Å². The van der Waals surface area contributed by atoms with Crippen LogP contribution >= 0.6 is 0 Å². The molecule has 20 heavy (non-hydrogen) atoms. The summed E-state index contributed by atoms with van der Waals surface area (Å²) in [6.07, 6.45) is 3.93. The summed E-state index contributed by atoms with van der Waals surface area (Å²) in [6.45, 7) is 10.0. The number of pyridine rings is 1. The van der Waals surface area contributed by atoms with Crippen molar-refractivity contribution in [1.82, 2.24) is 9.88 Å². The summed E-state index contributed by atoms with van der Waals surface area (Å²) in [7, 11) is 0. The maximum atomic E-state index is 12.8. The number of carbonyl (C=O) groups excluding carboxylic acids is 1. The lowest BCUT2D eigenvalue weighted by Gasteiger charge is -2.28. The van der Waals surface area contributed by atoms with E-state index in [4.69, 9.17) is 0 Å². The molecule has 0 spiro atoms. The first-order valence-electron chi connectivity index (χ1n) is 7.56. The summed E-state index contributed by atoms with van der Waals surface area (Å²) in [4.78, 5) is 19.1. The zero-order valence-corrected chi connectivity index (χ0v) is 12.9. The van der Waals surface area contributed by atoms with Crippen LogP contribution in [0.25, 0.3) is 0 Å². The standard InChI is InChI=1S/C16H25N3O/c1-5-17-14-9-12(4)18-10-13(14)16(20)19-8-6-7-15(19)11(2)3/h9-11,15H,5-8H2,1-4H3,(H,17,18). The molecule has 2 heterocycles. The van der Waals surface area contributed by atoms with Crippen molar-refractivity contribution in [3.63, 3.8) is 0 Å². The third-order valence-electron chi connectivity index (χ3n) is 3.97. The minimum atomic E-state index is 0.115. The van der Waals surface area contributed by atoms with Gasteiger partial charge in [0.15, 0.2) is 0 Å². The Bertz CT molecular complexity index is 485. The molecule has 1 aromatic rings. The van der Waals surface area contributed by atoms with Crippen molar-refractivity contribution in [2.75, 3.05) is 18.4 Å². The van der Waals surface area contributed by atoms with Gasteiger partial charge >= 0.3 is 0 Å². The number of aromatic nitrogens is 1. The van der Waals surface area contributed by atoms with Crippen molar-refractivity contribution in [3.05, 3.63) is 23.5 Å². The van der Waals surface area contributed by atoms with Crippen LogP contribution < -0.4 is 5.32 Å². The van der Waals surface area contributed by atoms with E-state index in [1.807, 2.05) is 24.8 Å². The van der Waals surface area contributed by atoms with Crippen LogP contribution in [0.1, 0.15) is 49.7 Å². The van der Waals surface area contributed by atoms with Crippen LogP contribution in [0.4, 0.5) is 5.69 Å². The Hall–Kier alpha value is -1.58. The topological polar surface area (TPSA) is 45.2 Å². The lowest BCUT2D eigenvalue weighted by atomic mass is 10.0. The predicted octanol–water partition coefficient (Wildman–Crippen LogP) is 3.08. The molecule has 1 saturated heterocycles. The smallest absolute Gasteiger partial charge is 0.257 e. The van der Waals surface area contributed by atoms with Gasteiger partial charge in [-0.15, -0.1) is 0 Å². The molecule has 0 radical (unpaired) electrons. The third kappa shape index (κ3) is 2.94. The fourth-order valence-corrected chi connectivity index (χ4v) is 2.96. The van der Waals surface area contributed by atoms with Gasteiger partial charge < -0.3 is 10.2 Å². The second-order valence-electron chi connectivity index (χ2n) is 5.85. The molecule has 0 aromatic carbocycles. The number of aryl methyl sites for hydroxylation is 1. The van der Waals surface area contributed by atoms with Crippen LogP contribution in [0.2, 0.25) is 0 Å². The highest BCUT2D eigenvalue weighted by Gasteiger charge is 2.32. The molecule has 110 valence electrons. The molecule has 0 bridgehead atoms. The summed E-state index contributed by atoms with van der Waals surface area (Å²) in [5, 5.41) is 3.28. The van der Waals surface area contributed by atoms with Gasteiger partial charge in [-0.3, -0.25) is 9.78 Å². The highest BCUT2D eigenvalue weighted by molar-refractivity contribution is 5.99. The molecule has 1 unspecified atom stereocenters. The first-order chi connectivity index (χ1) is 9.54. The highest BCUT2D eigenvalue weighted by atomic mass is 16.2. The molecule has 1 aliphatic heterocycles. The number of hydrogen-bond donors (Lipinski definition) is 1. The first kappa shape index (κ1) is 14.8. The van der Waals surface area contributed by atoms with Crippen LogP contribution in [0, 0.1) is 12.8 Å². The van der Waals surface area contributed by atoms with E-state index in [0.29, 0.717) is 17.5 Å². The Labute approximate surface area is 121 Å². The van der Waals surface area contributed by atoms with Crippen molar-refractivity contribution in [3.8, 4) is 0 Å². The quantitative estimate of drug-likeness (QED) is 0.918. The Morgan fingerprint density at radius 2 is 2.30 bits per heavy atom. The van der Waals surface area contributed by atoms with E-state index in [0.717, 1.165) is 37.3 Å². The molecule has 4 heteroatoms. The number of rotatable bonds is 4. The maximum absolute atomic E-state index is 12.8. The molecular formula is C16H25N3O. The Morgan fingerprint density at radius 3 is 2.95 bits per heavy atom. The van der Waals surface area contributed by atoms with Crippen LogP contribution in [-0.2, 0) is 0 Å². The van der Waals surface area contributed by atoms with Gasteiger partial charge in [0.1, 0.15) is 0 Å². The van der Waals surface area contributed by atoms with E-state index in [9.17, 15) is 4.79 Å². The first-order valence-corrected chi connectivity index (χ1v) is 7.56. The zero-order valence-electron chi connectivity index (χ0n) is 12.9. The van der Waals surface area contributed by atoms with Crippen LogP contribution in [0.15, 0.2) is 12.3 Å². The van der Waals surface area contributed by atoms with Crippen molar-refractivity contribution < 1.29 is 4.79 Å². The van der Waals surface area contributed by atoms with Crippen molar-refractivity contribution in [2.24, 2.45) is 5.92 Å². The van der Waals surface area contributed by atoms with Gasteiger partial charge in [-0.2, -0.15) is 0 Å². The Morgan fingerprint density at radius 1 is 1.55 bits per heavy atom. The Kier molecular flexibility index (Phi) is 4.63. The number of likely N-dealkylation sites (tertiary alicyclic amines) is 1. The highest BCUT2D eigenvalue weighted by Crippen LogP contribution is 2.27. The van der Waals surface area contributed by atoms with Gasteiger partial charge in [-0.05, 0) is 38.7 Å². The number of nitrogens with zero attached hydrogens (tertiary/aromatic N) is 2. The summed E-state index contributed by atoms with van der Waals surface area (Å²) >= 11 is 0. The SMILES string of the molecule is CCNc1cc(C)ncc1C(=O)N1CCCC1C(C)C. The molecule has 1 atom stereocenters. The largest absolute Gasteiger partial charge is 0.385 e. The molecule has 0 saturated carbocycles. The molecule has 4 nitrogen and oxygen atoms in total. The second-order valence-corrected chi connectivity index (χ2v) is 5.85. The average Bonchev–Trinajstić information content (AvgIpc) is 2.88. The molecule has 1 amide bonds. The summed E-state index contributed by atoms with van der Waals surface area (Å²) < 4.78 is 0. The van der Waals surface area contributed by atoms with E-state index in [2.05, 4.69) is 24.1 Å².